The zero-order valence-corrected chi connectivity index (χ0v) is 15.6. The fourth-order valence-corrected chi connectivity index (χ4v) is 3.40. The van der Waals surface area contributed by atoms with E-state index in [9.17, 15) is 0 Å². The Kier molecular flexibility index (Phi) is 10.1. The molecule has 0 aliphatic carbocycles. The van der Waals surface area contributed by atoms with Crippen LogP contribution >= 0.6 is 0 Å². The first-order valence-corrected chi connectivity index (χ1v) is 9.85. The lowest BCUT2D eigenvalue weighted by Crippen LogP contribution is -2.44. The summed E-state index contributed by atoms with van der Waals surface area (Å²) in [5.74, 6) is 0.930. The lowest BCUT2D eigenvalue weighted by molar-refractivity contribution is 0.0389. The monoisotopic (exact) mass is 339 g/mol. The Balaban J connectivity index is 1.43. The second-order valence-corrected chi connectivity index (χ2v) is 6.84. The molecule has 0 aromatic heterocycles. The van der Waals surface area contributed by atoms with E-state index >= 15 is 0 Å². The van der Waals surface area contributed by atoms with Gasteiger partial charge in [0, 0.05) is 39.8 Å². The van der Waals surface area contributed by atoms with Crippen LogP contribution < -0.4 is 10.6 Å². The molecule has 2 saturated heterocycles. The third-order valence-electron chi connectivity index (χ3n) is 4.94. The number of nitrogens with zero attached hydrogens (tertiary/aromatic N) is 3. The highest BCUT2D eigenvalue weighted by Gasteiger charge is 2.10. The van der Waals surface area contributed by atoms with Crippen molar-refractivity contribution in [3.8, 4) is 0 Å². The molecule has 2 aliphatic rings. The summed E-state index contributed by atoms with van der Waals surface area (Å²) in [5, 5.41) is 6.84. The van der Waals surface area contributed by atoms with Gasteiger partial charge in [0.25, 0.3) is 0 Å². The van der Waals surface area contributed by atoms with Gasteiger partial charge in [-0.1, -0.05) is 12.8 Å². The molecule has 0 bridgehead atoms. The van der Waals surface area contributed by atoms with Gasteiger partial charge in [-0.2, -0.15) is 0 Å². The van der Waals surface area contributed by atoms with Gasteiger partial charge >= 0.3 is 0 Å². The number of guanidine groups is 1. The summed E-state index contributed by atoms with van der Waals surface area (Å²) in [6, 6.07) is 0. The minimum atomic E-state index is 0.865. The first-order valence-electron chi connectivity index (χ1n) is 9.85. The molecule has 140 valence electrons. The van der Waals surface area contributed by atoms with Crippen LogP contribution in [0.25, 0.3) is 0 Å². The number of hydrogen-bond donors (Lipinski definition) is 2. The third kappa shape index (κ3) is 8.31. The van der Waals surface area contributed by atoms with Crippen LogP contribution in [0.2, 0.25) is 0 Å². The number of morpholine rings is 1. The van der Waals surface area contributed by atoms with Crippen molar-refractivity contribution in [2.75, 3.05) is 72.6 Å². The SMILES string of the molecule is CN=C(NCCCCCN1CCCCC1)NCCN1CCOCC1. The molecule has 0 radical (unpaired) electrons. The van der Waals surface area contributed by atoms with Crippen LogP contribution in [0.1, 0.15) is 38.5 Å². The number of aliphatic imine (C=N–C) groups is 1. The molecule has 2 rings (SSSR count). The minimum absolute atomic E-state index is 0.865. The summed E-state index contributed by atoms with van der Waals surface area (Å²) < 4.78 is 5.37. The van der Waals surface area contributed by atoms with Crippen molar-refractivity contribution < 1.29 is 4.74 Å². The van der Waals surface area contributed by atoms with Gasteiger partial charge in [-0.15, -0.1) is 0 Å². The Morgan fingerprint density at radius 2 is 1.54 bits per heavy atom. The first-order chi connectivity index (χ1) is 11.9. The highest BCUT2D eigenvalue weighted by molar-refractivity contribution is 5.79. The summed E-state index contributed by atoms with van der Waals surface area (Å²) in [7, 11) is 1.85. The maximum Gasteiger partial charge on any atom is 0.191 e. The van der Waals surface area contributed by atoms with Gasteiger partial charge in [0.1, 0.15) is 0 Å². The van der Waals surface area contributed by atoms with E-state index in [1.807, 2.05) is 7.05 Å². The van der Waals surface area contributed by atoms with Crippen molar-refractivity contribution in [2.24, 2.45) is 4.99 Å². The van der Waals surface area contributed by atoms with Gasteiger partial charge in [0.2, 0.25) is 0 Å². The molecule has 2 N–H and O–H groups in total. The van der Waals surface area contributed by atoms with Gasteiger partial charge < -0.3 is 20.3 Å². The molecule has 2 aliphatic heterocycles. The lowest BCUT2D eigenvalue weighted by Gasteiger charge is -2.26. The van der Waals surface area contributed by atoms with Gasteiger partial charge in [-0.25, -0.2) is 0 Å². The highest BCUT2D eigenvalue weighted by atomic mass is 16.5. The van der Waals surface area contributed by atoms with Crippen molar-refractivity contribution in [2.45, 2.75) is 38.5 Å². The predicted molar refractivity (Wildman–Crippen MR) is 101 cm³/mol. The smallest absolute Gasteiger partial charge is 0.191 e. The Bertz CT molecular complexity index is 338. The zero-order valence-electron chi connectivity index (χ0n) is 15.6. The summed E-state index contributed by atoms with van der Waals surface area (Å²) in [6.07, 6.45) is 8.07. The van der Waals surface area contributed by atoms with E-state index in [0.717, 1.165) is 51.9 Å². The molecule has 0 unspecified atom stereocenters. The van der Waals surface area contributed by atoms with E-state index in [1.165, 1.54) is 58.2 Å². The van der Waals surface area contributed by atoms with Crippen molar-refractivity contribution in [3.05, 3.63) is 0 Å². The number of hydrogen-bond acceptors (Lipinski definition) is 4. The topological polar surface area (TPSA) is 52.1 Å². The molecule has 2 fully saturated rings. The molecule has 2 heterocycles. The largest absolute Gasteiger partial charge is 0.379 e. The molecule has 6 nitrogen and oxygen atoms in total. The van der Waals surface area contributed by atoms with Gasteiger partial charge in [0.15, 0.2) is 5.96 Å². The van der Waals surface area contributed by atoms with Crippen LogP contribution in [0.15, 0.2) is 4.99 Å². The van der Waals surface area contributed by atoms with Crippen LogP contribution in [0.4, 0.5) is 0 Å². The molecule has 0 saturated carbocycles. The van der Waals surface area contributed by atoms with Crippen LogP contribution in [-0.4, -0.2) is 88.4 Å². The van der Waals surface area contributed by atoms with Gasteiger partial charge in [0.05, 0.1) is 13.2 Å². The van der Waals surface area contributed by atoms with E-state index in [4.69, 9.17) is 4.74 Å². The fraction of sp³-hybridized carbons (Fsp3) is 0.944. The molecule has 6 heteroatoms. The van der Waals surface area contributed by atoms with Crippen LogP contribution in [-0.2, 0) is 4.74 Å². The molecule has 0 atom stereocenters. The molecule has 0 amide bonds. The Morgan fingerprint density at radius 1 is 0.833 bits per heavy atom. The molecule has 0 spiro atoms. The summed E-state index contributed by atoms with van der Waals surface area (Å²) in [5.41, 5.74) is 0. The van der Waals surface area contributed by atoms with E-state index in [2.05, 4.69) is 25.4 Å². The van der Waals surface area contributed by atoms with E-state index in [1.54, 1.807) is 0 Å². The van der Waals surface area contributed by atoms with Crippen molar-refractivity contribution in [1.82, 2.24) is 20.4 Å². The number of ether oxygens (including phenoxy) is 1. The van der Waals surface area contributed by atoms with Crippen LogP contribution in [0.3, 0.4) is 0 Å². The number of nitrogens with one attached hydrogen (secondary N) is 2. The van der Waals surface area contributed by atoms with E-state index in [0.29, 0.717) is 0 Å². The van der Waals surface area contributed by atoms with Crippen LogP contribution in [0, 0.1) is 0 Å². The normalized spacial score (nSPS) is 21.0. The molecule has 0 aromatic rings. The summed E-state index contributed by atoms with van der Waals surface area (Å²) in [6.45, 7) is 10.7. The van der Waals surface area contributed by atoms with Gasteiger partial charge in [-0.05, 0) is 45.3 Å². The minimum Gasteiger partial charge on any atom is -0.379 e. The molecule has 0 aromatic carbocycles. The number of unbranched alkanes of at least 4 members (excludes halogenated alkanes) is 2. The molecular formula is C18H37N5O. The van der Waals surface area contributed by atoms with Crippen molar-refractivity contribution in [1.29, 1.82) is 0 Å². The Labute approximate surface area is 148 Å². The summed E-state index contributed by atoms with van der Waals surface area (Å²) >= 11 is 0. The fourth-order valence-electron chi connectivity index (χ4n) is 3.40. The Morgan fingerprint density at radius 3 is 2.29 bits per heavy atom. The quantitative estimate of drug-likeness (QED) is 0.375. The third-order valence-corrected chi connectivity index (χ3v) is 4.94. The maximum absolute atomic E-state index is 5.37. The van der Waals surface area contributed by atoms with E-state index < -0.39 is 0 Å². The van der Waals surface area contributed by atoms with E-state index in [-0.39, 0.29) is 0 Å². The predicted octanol–water partition coefficient (Wildman–Crippen LogP) is 1.14. The highest BCUT2D eigenvalue weighted by Crippen LogP contribution is 2.09. The van der Waals surface area contributed by atoms with Gasteiger partial charge in [-0.3, -0.25) is 9.89 Å². The maximum atomic E-state index is 5.37. The van der Waals surface area contributed by atoms with Crippen molar-refractivity contribution in [3.63, 3.8) is 0 Å². The Hall–Kier alpha value is -0.850. The number of likely N-dealkylation sites (tertiary alicyclic amines) is 1. The number of rotatable bonds is 9. The first kappa shape index (κ1) is 19.5. The molecule has 24 heavy (non-hydrogen) atoms. The lowest BCUT2D eigenvalue weighted by atomic mass is 10.1. The standard InChI is InChI=1S/C18H37N5O/c1-19-18(21-9-13-23-14-16-24-17-15-23)20-8-4-2-5-10-22-11-6-3-7-12-22/h2-17H2,1H3,(H2,19,20,21). The molecular weight excluding hydrogens is 302 g/mol. The summed E-state index contributed by atoms with van der Waals surface area (Å²) in [4.78, 5) is 9.37. The zero-order chi connectivity index (χ0) is 16.9. The second-order valence-electron chi connectivity index (χ2n) is 6.84. The average molecular weight is 340 g/mol. The van der Waals surface area contributed by atoms with Crippen LogP contribution in [0.5, 0.6) is 0 Å². The van der Waals surface area contributed by atoms with Crippen molar-refractivity contribution >= 4 is 5.96 Å². The average Bonchev–Trinajstić information content (AvgIpc) is 2.64. The number of piperidine rings is 1. The second kappa shape index (κ2) is 12.5.